The Bertz CT molecular complexity index is 23.0. The molecular formula is F4PPt+. The van der Waals surface area contributed by atoms with Crippen LogP contribution in [0.5, 0.6) is 0 Å². The molecule has 0 aliphatic heterocycles. The molecule has 0 radical (unpaired) electrons. The molecule has 0 aromatic carbocycles. The molecule has 0 saturated carbocycles. The summed E-state index contributed by atoms with van der Waals surface area (Å²) in [6.07, 6.45) is 0. The number of hydrogen-bond acceptors (Lipinski definition) is 0. The van der Waals surface area contributed by atoms with Crippen molar-refractivity contribution in [1.82, 2.24) is 0 Å². The first-order chi connectivity index (χ1) is 2.00. The molecule has 6 heteroatoms. The maximum absolute atomic E-state index is 9.80. The minimum atomic E-state index is -6.39. The second kappa shape index (κ2) is 2.92. The van der Waals surface area contributed by atoms with E-state index in [0.29, 0.717) is 0 Å². The van der Waals surface area contributed by atoms with Gasteiger partial charge in [0.15, 0.2) is 0 Å². The van der Waals surface area contributed by atoms with Crippen molar-refractivity contribution in [3.8, 4) is 0 Å². The van der Waals surface area contributed by atoms with E-state index in [1.807, 2.05) is 0 Å². The van der Waals surface area contributed by atoms with Gasteiger partial charge in [0.05, 0.1) is 16.8 Å². The van der Waals surface area contributed by atoms with Gasteiger partial charge in [-0.3, -0.25) is 0 Å². The molecule has 0 nitrogen and oxygen atoms in total. The minimum Gasteiger partial charge on any atom is 0 e. The van der Waals surface area contributed by atoms with Crippen molar-refractivity contribution in [2.45, 2.75) is 0 Å². The molecule has 0 saturated heterocycles. The fraction of sp³-hybridized carbons (Fsp3) is 0. The molecule has 0 aliphatic rings. The van der Waals surface area contributed by atoms with Gasteiger partial charge in [-0.05, 0) is 0 Å². The fourth-order valence-electron chi connectivity index (χ4n) is 0. The van der Waals surface area contributed by atoms with E-state index in [1.165, 1.54) is 0 Å². The first kappa shape index (κ1) is 9.96. The van der Waals surface area contributed by atoms with Gasteiger partial charge in [-0.15, -0.1) is 0 Å². The maximum Gasteiger partial charge on any atom is 0.755 e. The van der Waals surface area contributed by atoms with Crippen molar-refractivity contribution in [1.29, 1.82) is 0 Å². The van der Waals surface area contributed by atoms with Gasteiger partial charge in [-0.25, -0.2) is 0 Å². The monoisotopic (exact) mass is 302 g/mol. The number of rotatable bonds is 0. The fourth-order valence-corrected chi connectivity index (χ4v) is 0. The summed E-state index contributed by atoms with van der Waals surface area (Å²) in [5.74, 6) is 0. The molecule has 0 amide bonds. The third-order valence-electron chi connectivity index (χ3n) is 0. The van der Waals surface area contributed by atoms with Crippen molar-refractivity contribution in [3.63, 3.8) is 0 Å². The van der Waals surface area contributed by atoms with Crippen LogP contribution in [0.1, 0.15) is 0 Å². The third kappa shape index (κ3) is 101. The van der Waals surface area contributed by atoms with Crippen LogP contribution in [0.4, 0.5) is 16.8 Å². The van der Waals surface area contributed by atoms with Gasteiger partial charge in [0, 0.05) is 21.1 Å². The first-order valence-corrected chi connectivity index (χ1v) is 2.03. The summed E-state index contributed by atoms with van der Waals surface area (Å²) >= 11 is 0. The van der Waals surface area contributed by atoms with Crippen molar-refractivity contribution < 1.29 is 37.9 Å². The van der Waals surface area contributed by atoms with Crippen LogP contribution in [0.15, 0.2) is 0 Å². The zero-order valence-corrected chi connectivity index (χ0v) is 5.44. The van der Waals surface area contributed by atoms with E-state index < -0.39 is 8.51 Å². The van der Waals surface area contributed by atoms with Gasteiger partial charge in [-0.2, -0.15) is 0 Å². The van der Waals surface area contributed by atoms with Crippen LogP contribution in [-0.4, -0.2) is 0 Å². The molecule has 0 aromatic rings. The predicted molar refractivity (Wildman–Crippen MR) is 11.4 cm³/mol. The Morgan fingerprint density at radius 2 is 0.833 bits per heavy atom. The van der Waals surface area contributed by atoms with Crippen LogP contribution in [0.3, 0.4) is 0 Å². The topological polar surface area (TPSA) is 0 Å². The third-order valence-corrected chi connectivity index (χ3v) is 0. The summed E-state index contributed by atoms with van der Waals surface area (Å²) in [6, 6.07) is 0. The molecule has 0 aliphatic carbocycles. The Morgan fingerprint density at radius 1 is 0.833 bits per heavy atom. The summed E-state index contributed by atoms with van der Waals surface area (Å²) in [6.45, 7) is 0. The van der Waals surface area contributed by atoms with Gasteiger partial charge in [-0.1, -0.05) is 0 Å². The van der Waals surface area contributed by atoms with E-state index >= 15 is 0 Å². The van der Waals surface area contributed by atoms with Crippen LogP contribution in [0, 0.1) is 0 Å². The Hall–Kier alpha value is 0.838. The molecule has 0 unspecified atom stereocenters. The van der Waals surface area contributed by atoms with Crippen LogP contribution in [0.2, 0.25) is 0 Å². The van der Waals surface area contributed by atoms with Crippen molar-refractivity contribution in [3.05, 3.63) is 0 Å². The maximum atomic E-state index is 9.80. The zero-order valence-electron chi connectivity index (χ0n) is 2.28. The molecule has 0 fully saturated rings. The second-order valence-corrected chi connectivity index (χ2v) is 1.15. The average molecular weight is 302 g/mol. The van der Waals surface area contributed by atoms with Gasteiger partial charge in [0.2, 0.25) is 0 Å². The molecule has 0 atom stereocenters. The van der Waals surface area contributed by atoms with Crippen molar-refractivity contribution in [2.75, 3.05) is 0 Å². The SMILES string of the molecule is F[P+](F)(F)F.[Pt]. The minimum absolute atomic E-state index is 0. The van der Waals surface area contributed by atoms with Crippen LogP contribution >= 0.6 is 8.51 Å². The average Bonchev–Trinajstić information content (AvgIpc) is 0.722. The van der Waals surface area contributed by atoms with E-state index in [4.69, 9.17) is 0 Å². The van der Waals surface area contributed by atoms with Crippen molar-refractivity contribution >= 4 is 8.51 Å². The van der Waals surface area contributed by atoms with Gasteiger partial charge >= 0.3 is 8.51 Å². The van der Waals surface area contributed by atoms with E-state index in [1.54, 1.807) is 0 Å². The van der Waals surface area contributed by atoms with Gasteiger partial charge in [0.25, 0.3) is 0 Å². The zero-order chi connectivity index (χ0) is 4.50. The molecule has 0 N–H and O–H groups in total. The van der Waals surface area contributed by atoms with E-state index in [2.05, 4.69) is 0 Å². The van der Waals surface area contributed by atoms with E-state index in [0.717, 1.165) is 0 Å². The second-order valence-electron chi connectivity index (χ2n) is 0.383. The summed E-state index contributed by atoms with van der Waals surface area (Å²) in [5, 5.41) is 0. The standard InChI is InChI=1S/F4P.Pt/c1-5(2,3)4;/q+1;. The molecule has 0 rings (SSSR count). The predicted octanol–water partition coefficient (Wildman–Crippen LogP) is 2.54. The van der Waals surface area contributed by atoms with Crippen LogP contribution in [0.25, 0.3) is 0 Å². The molecular weight excluding hydrogens is 302 g/mol. The van der Waals surface area contributed by atoms with E-state index in [9.17, 15) is 16.8 Å². The molecule has 42 valence electrons. The van der Waals surface area contributed by atoms with E-state index in [-0.39, 0.29) is 21.1 Å². The summed E-state index contributed by atoms with van der Waals surface area (Å²) in [5.41, 5.74) is 0. The Balaban J connectivity index is 0. The Labute approximate surface area is 47.0 Å². The molecule has 0 bridgehead atoms. The largest absolute Gasteiger partial charge is 0.755 e. The van der Waals surface area contributed by atoms with Crippen LogP contribution < -0.4 is 0 Å². The Morgan fingerprint density at radius 3 is 0.833 bits per heavy atom. The normalized spacial score (nSPS) is 10.0. The molecule has 0 aromatic heterocycles. The quantitative estimate of drug-likeness (QED) is 0.476. The smallest absolute Gasteiger partial charge is 0 e. The molecule has 6 heavy (non-hydrogen) atoms. The molecule has 0 spiro atoms. The Kier molecular flexibility index (Phi) is 4.85. The summed E-state index contributed by atoms with van der Waals surface area (Å²) in [4.78, 5) is 0. The number of hydrogen-bond donors (Lipinski definition) is 0. The van der Waals surface area contributed by atoms with Gasteiger partial charge < -0.3 is 0 Å². The first-order valence-electron chi connectivity index (χ1n) is 0.676. The summed E-state index contributed by atoms with van der Waals surface area (Å²) in [7, 11) is -6.39. The van der Waals surface area contributed by atoms with Gasteiger partial charge in [0.1, 0.15) is 0 Å². The number of halogens is 4. The van der Waals surface area contributed by atoms with Crippen LogP contribution in [-0.2, 0) is 21.1 Å². The summed E-state index contributed by atoms with van der Waals surface area (Å²) < 4.78 is 39.2. The molecule has 0 heterocycles. The van der Waals surface area contributed by atoms with Crippen molar-refractivity contribution in [2.24, 2.45) is 0 Å².